The lowest BCUT2D eigenvalue weighted by Crippen LogP contribution is -2.27. The Morgan fingerprint density at radius 3 is 2.33 bits per heavy atom. The topological polar surface area (TPSA) is 12.0 Å². The van der Waals surface area contributed by atoms with Crippen LogP contribution in [0.5, 0.6) is 0 Å². The molecule has 0 saturated heterocycles. The van der Waals surface area contributed by atoms with Crippen LogP contribution in [0.2, 0.25) is 0 Å². The summed E-state index contributed by atoms with van der Waals surface area (Å²) in [6.45, 7) is 14.8. The zero-order chi connectivity index (χ0) is 9.56. The Balaban J connectivity index is 4.53. The first-order chi connectivity index (χ1) is 5.67. The number of hydrogen-bond donors (Lipinski definition) is 1. The van der Waals surface area contributed by atoms with E-state index in [-0.39, 0.29) is 0 Å². The van der Waals surface area contributed by atoms with Crippen molar-refractivity contribution in [2.75, 3.05) is 6.54 Å². The van der Waals surface area contributed by atoms with Gasteiger partial charge in [-0.2, -0.15) is 0 Å². The van der Waals surface area contributed by atoms with Crippen molar-refractivity contribution < 1.29 is 0 Å². The van der Waals surface area contributed by atoms with E-state index in [9.17, 15) is 0 Å². The molecule has 0 aliphatic carbocycles. The Bertz CT molecular complexity index is 189. The molecule has 0 bridgehead atoms. The van der Waals surface area contributed by atoms with Gasteiger partial charge in [0.15, 0.2) is 0 Å². The molecule has 0 aliphatic heterocycles. The summed E-state index contributed by atoms with van der Waals surface area (Å²) in [4.78, 5) is 0. The molecule has 0 radical (unpaired) electrons. The van der Waals surface area contributed by atoms with E-state index < -0.39 is 0 Å². The van der Waals surface area contributed by atoms with Crippen LogP contribution in [0.1, 0.15) is 20.8 Å². The fraction of sp³-hybridized carbons (Fsp3) is 0.455. The summed E-state index contributed by atoms with van der Waals surface area (Å²) >= 11 is 0. The molecule has 0 aliphatic rings. The number of allylic oxidation sites excluding steroid dienone is 2. The second kappa shape index (κ2) is 5.78. The van der Waals surface area contributed by atoms with Crippen molar-refractivity contribution in [2.24, 2.45) is 0 Å². The maximum atomic E-state index is 3.79. The van der Waals surface area contributed by atoms with Gasteiger partial charge in [0.1, 0.15) is 0 Å². The van der Waals surface area contributed by atoms with Crippen LogP contribution in [0.15, 0.2) is 36.5 Å². The Labute approximate surface area is 75.9 Å². The van der Waals surface area contributed by atoms with Crippen molar-refractivity contribution in [1.82, 2.24) is 5.32 Å². The Kier molecular flexibility index (Phi) is 5.39. The first-order valence-corrected chi connectivity index (χ1v) is 4.36. The van der Waals surface area contributed by atoms with Gasteiger partial charge in [-0.05, 0) is 31.5 Å². The molecule has 0 saturated carbocycles. The van der Waals surface area contributed by atoms with E-state index in [1.54, 1.807) is 0 Å². The summed E-state index contributed by atoms with van der Waals surface area (Å²) in [5.74, 6) is 0. The molecule has 1 N–H and O–H groups in total. The normalized spacial score (nSPS) is 14.9. The average molecular weight is 165 g/mol. The van der Waals surface area contributed by atoms with Crippen molar-refractivity contribution in [2.45, 2.75) is 26.8 Å². The molecule has 0 heterocycles. The molecule has 68 valence electrons. The highest BCUT2D eigenvalue weighted by atomic mass is 14.9. The standard InChI is InChI=1S/C11H19N/c1-6-9(4)11(7-2)10(5)12-8-3/h6-7,10,12H,1-2,8H2,3-5H3/b11-9+. The summed E-state index contributed by atoms with van der Waals surface area (Å²) in [6, 6.07) is 0.366. The maximum Gasteiger partial charge on any atom is 0.0294 e. The second-order valence-electron chi connectivity index (χ2n) is 2.83. The van der Waals surface area contributed by atoms with Gasteiger partial charge in [-0.3, -0.25) is 0 Å². The summed E-state index contributed by atoms with van der Waals surface area (Å²) < 4.78 is 0. The first kappa shape index (κ1) is 11.2. The van der Waals surface area contributed by atoms with E-state index >= 15 is 0 Å². The highest BCUT2D eigenvalue weighted by Gasteiger charge is 2.04. The zero-order valence-corrected chi connectivity index (χ0v) is 8.35. The van der Waals surface area contributed by atoms with Crippen LogP contribution in [0.3, 0.4) is 0 Å². The van der Waals surface area contributed by atoms with Crippen LogP contribution in [0.4, 0.5) is 0 Å². The van der Waals surface area contributed by atoms with Crippen molar-refractivity contribution in [1.29, 1.82) is 0 Å². The number of nitrogens with one attached hydrogen (secondary N) is 1. The second-order valence-corrected chi connectivity index (χ2v) is 2.83. The molecule has 0 fully saturated rings. The molecule has 0 rings (SSSR count). The molecule has 1 heteroatoms. The van der Waals surface area contributed by atoms with Gasteiger partial charge < -0.3 is 5.32 Å². The minimum absolute atomic E-state index is 0.366. The third kappa shape index (κ3) is 3.05. The predicted molar refractivity (Wildman–Crippen MR) is 56.2 cm³/mol. The van der Waals surface area contributed by atoms with Crippen LogP contribution >= 0.6 is 0 Å². The fourth-order valence-electron chi connectivity index (χ4n) is 1.21. The van der Waals surface area contributed by atoms with E-state index in [0.29, 0.717) is 6.04 Å². The molecule has 1 nitrogen and oxygen atoms in total. The zero-order valence-electron chi connectivity index (χ0n) is 8.35. The lowest BCUT2D eigenvalue weighted by molar-refractivity contribution is 0.640. The van der Waals surface area contributed by atoms with Crippen LogP contribution in [-0.4, -0.2) is 12.6 Å². The van der Waals surface area contributed by atoms with Crippen LogP contribution in [0, 0.1) is 0 Å². The molecular formula is C11H19N. The van der Waals surface area contributed by atoms with Gasteiger partial charge in [0, 0.05) is 6.04 Å². The predicted octanol–water partition coefficient (Wildman–Crippen LogP) is 2.67. The third-order valence-electron chi connectivity index (χ3n) is 1.96. The summed E-state index contributed by atoms with van der Waals surface area (Å²) in [7, 11) is 0. The third-order valence-corrected chi connectivity index (χ3v) is 1.96. The van der Waals surface area contributed by atoms with E-state index in [4.69, 9.17) is 0 Å². The smallest absolute Gasteiger partial charge is 0.0294 e. The molecule has 0 aromatic carbocycles. The summed E-state index contributed by atoms with van der Waals surface area (Å²) in [6.07, 6.45) is 3.76. The van der Waals surface area contributed by atoms with Gasteiger partial charge in [-0.15, -0.1) is 0 Å². The fourth-order valence-corrected chi connectivity index (χ4v) is 1.21. The largest absolute Gasteiger partial charge is 0.310 e. The lowest BCUT2D eigenvalue weighted by atomic mass is 10.0. The summed E-state index contributed by atoms with van der Waals surface area (Å²) in [5, 5.41) is 3.33. The number of rotatable bonds is 5. The van der Waals surface area contributed by atoms with E-state index in [2.05, 4.69) is 39.2 Å². The Morgan fingerprint density at radius 2 is 2.00 bits per heavy atom. The van der Waals surface area contributed by atoms with Crippen molar-refractivity contribution >= 4 is 0 Å². The van der Waals surface area contributed by atoms with E-state index in [1.165, 1.54) is 11.1 Å². The highest BCUT2D eigenvalue weighted by molar-refractivity contribution is 5.33. The van der Waals surface area contributed by atoms with Gasteiger partial charge in [0.25, 0.3) is 0 Å². The maximum absolute atomic E-state index is 3.79. The van der Waals surface area contributed by atoms with Crippen molar-refractivity contribution in [3.63, 3.8) is 0 Å². The van der Waals surface area contributed by atoms with Crippen LogP contribution in [-0.2, 0) is 0 Å². The number of hydrogen-bond acceptors (Lipinski definition) is 1. The Morgan fingerprint density at radius 1 is 1.42 bits per heavy atom. The lowest BCUT2D eigenvalue weighted by Gasteiger charge is -2.15. The average Bonchev–Trinajstić information content (AvgIpc) is 2.06. The highest BCUT2D eigenvalue weighted by Crippen LogP contribution is 2.10. The SMILES string of the molecule is C=C/C(C)=C(\C=C)C(C)NCC. The van der Waals surface area contributed by atoms with Gasteiger partial charge in [0.05, 0.1) is 0 Å². The molecule has 0 spiro atoms. The molecule has 1 atom stereocenters. The molecule has 0 aromatic heterocycles. The van der Waals surface area contributed by atoms with Crippen LogP contribution in [0.25, 0.3) is 0 Å². The molecule has 1 unspecified atom stereocenters. The van der Waals surface area contributed by atoms with Crippen molar-refractivity contribution in [3.8, 4) is 0 Å². The van der Waals surface area contributed by atoms with Gasteiger partial charge >= 0.3 is 0 Å². The van der Waals surface area contributed by atoms with E-state index in [1.807, 2.05) is 12.2 Å². The van der Waals surface area contributed by atoms with Crippen molar-refractivity contribution in [3.05, 3.63) is 36.5 Å². The van der Waals surface area contributed by atoms with Crippen LogP contribution < -0.4 is 5.32 Å². The minimum atomic E-state index is 0.366. The van der Waals surface area contributed by atoms with Gasteiger partial charge in [0.2, 0.25) is 0 Å². The molecule has 0 aromatic rings. The number of likely N-dealkylation sites (N-methyl/N-ethyl adjacent to an activating group) is 1. The van der Waals surface area contributed by atoms with Gasteiger partial charge in [-0.1, -0.05) is 32.2 Å². The Hall–Kier alpha value is -0.820. The van der Waals surface area contributed by atoms with Gasteiger partial charge in [-0.25, -0.2) is 0 Å². The molecule has 12 heavy (non-hydrogen) atoms. The summed E-state index contributed by atoms with van der Waals surface area (Å²) in [5.41, 5.74) is 2.42. The first-order valence-electron chi connectivity index (χ1n) is 4.36. The molecule has 0 amide bonds. The molecular weight excluding hydrogens is 146 g/mol. The quantitative estimate of drug-likeness (QED) is 0.618. The monoisotopic (exact) mass is 165 g/mol. The van der Waals surface area contributed by atoms with E-state index in [0.717, 1.165) is 6.54 Å². The minimum Gasteiger partial charge on any atom is -0.310 e.